The minimum Gasteiger partial charge on any atom is -0.349 e. The number of hydrogen-bond acceptors (Lipinski definition) is 3. The molecular formula is C14H19N3S. The largest absolute Gasteiger partial charge is 0.349 e. The van der Waals surface area contributed by atoms with Gasteiger partial charge in [0.2, 0.25) is 0 Å². The van der Waals surface area contributed by atoms with Crippen molar-refractivity contribution < 1.29 is 0 Å². The van der Waals surface area contributed by atoms with E-state index < -0.39 is 0 Å². The molecule has 0 saturated heterocycles. The van der Waals surface area contributed by atoms with Crippen molar-refractivity contribution in [2.45, 2.75) is 31.7 Å². The second-order valence-electron chi connectivity index (χ2n) is 4.92. The number of nitrogens with zero attached hydrogens (tertiary/aromatic N) is 1. The summed E-state index contributed by atoms with van der Waals surface area (Å²) in [6.45, 7) is 1.07. The van der Waals surface area contributed by atoms with Gasteiger partial charge in [0.1, 0.15) is 5.82 Å². The maximum atomic E-state index is 4.25. The lowest BCUT2D eigenvalue weighted by molar-refractivity contribution is 0.480. The highest BCUT2D eigenvalue weighted by Crippen LogP contribution is 2.42. The van der Waals surface area contributed by atoms with Crippen LogP contribution >= 0.6 is 11.3 Å². The molecule has 2 N–H and O–H groups in total. The molecule has 1 atom stereocenters. The molecule has 1 fully saturated rings. The third-order valence-corrected chi connectivity index (χ3v) is 4.41. The van der Waals surface area contributed by atoms with E-state index in [0.717, 1.165) is 31.1 Å². The van der Waals surface area contributed by atoms with Crippen molar-refractivity contribution in [3.05, 3.63) is 40.6 Å². The Kier molecular flexibility index (Phi) is 3.76. The number of thiophene rings is 1. The molecule has 2 heterocycles. The Labute approximate surface area is 112 Å². The fourth-order valence-corrected chi connectivity index (χ4v) is 3.24. The van der Waals surface area contributed by atoms with Gasteiger partial charge < -0.3 is 10.3 Å². The number of aromatic nitrogens is 2. The Morgan fingerprint density at radius 3 is 3.11 bits per heavy atom. The molecule has 18 heavy (non-hydrogen) atoms. The van der Waals surface area contributed by atoms with Crippen LogP contribution < -0.4 is 5.32 Å². The zero-order valence-corrected chi connectivity index (χ0v) is 11.2. The first-order chi connectivity index (χ1) is 8.93. The van der Waals surface area contributed by atoms with Crippen molar-refractivity contribution in [3.8, 4) is 0 Å². The monoisotopic (exact) mass is 261 g/mol. The molecule has 1 saturated carbocycles. The number of aromatic amines is 1. The van der Waals surface area contributed by atoms with E-state index in [1.54, 1.807) is 0 Å². The summed E-state index contributed by atoms with van der Waals surface area (Å²) in [6.07, 6.45) is 8.65. The Morgan fingerprint density at radius 1 is 1.50 bits per heavy atom. The molecule has 2 aromatic heterocycles. The quantitative estimate of drug-likeness (QED) is 0.752. The summed E-state index contributed by atoms with van der Waals surface area (Å²) in [6, 6.07) is 4.99. The third kappa shape index (κ3) is 3.00. The summed E-state index contributed by atoms with van der Waals surface area (Å²) in [4.78, 5) is 8.90. The molecule has 0 radical (unpaired) electrons. The number of nitrogens with one attached hydrogen (secondary N) is 2. The minimum absolute atomic E-state index is 0.585. The molecule has 1 aliphatic rings. The van der Waals surface area contributed by atoms with Crippen LogP contribution in [-0.4, -0.2) is 16.5 Å². The van der Waals surface area contributed by atoms with E-state index in [-0.39, 0.29) is 0 Å². The maximum Gasteiger partial charge on any atom is 0.106 e. The smallest absolute Gasteiger partial charge is 0.106 e. The van der Waals surface area contributed by atoms with Gasteiger partial charge in [0, 0.05) is 29.7 Å². The lowest BCUT2D eigenvalue weighted by Crippen LogP contribution is -2.23. The van der Waals surface area contributed by atoms with E-state index in [4.69, 9.17) is 0 Å². The molecule has 3 nitrogen and oxygen atoms in total. The minimum atomic E-state index is 0.585. The summed E-state index contributed by atoms with van der Waals surface area (Å²) in [5, 5.41) is 5.89. The summed E-state index contributed by atoms with van der Waals surface area (Å²) in [5.41, 5.74) is 0. The first-order valence-electron chi connectivity index (χ1n) is 6.68. The van der Waals surface area contributed by atoms with Gasteiger partial charge in [-0.1, -0.05) is 6.07 Å². The van der Waals surface area contributed by atoms with Gasteiger partial charge in [-0.2, -0.15) is 0 Å². The van der Waals surface area contributed by atoms with Gasteiger partial charge in [0.05, 0.1) is 0 Å². The van der Waals surface area contributed by atoms with E-state index in [1.165, 1.54) is 17.7 Å². The standard InChI is InChI=1S/C14H19N3S/c1(4-13-15-8-9-16-13)7-17-14(11-5-6-11)12-3-2-10-18-12/h2-3,8-11,14,17H,1,4-7H2,(H,15,16). The first-order valence-corrected chi connectivity index (χ1v) is 7.56. The van der Waals surface area contributed by atoms with Crippen LogP contribution in [0.4, 0.5) is 0 Å². The normalized spacial score (nSPS) is 16.9. The molecular weight excluding hydrogens is 242 g/mol. The molecule has 0 bridgehead atoms. The third-order valence-electron chi connectivity index (χ3n) is 3.45. The number of H-pyrrole nitrogens is 1. The summed E-state index contributed by atoms with van der Waals surface area (Å²) in [5.74, 6) is 1.96. The average molecular weight is 261 g/mol. The van der Waals surface area contributed by atoms with E-state index in [1.807, 2.05) is 23.7 Å². The number of hydrogen-bond donors (Lipinski definition) is 2. The maximum absolute atomic E-state index is 4.25. The fraction of sp³-hybridized carbons (Fsp3) is 0.500. The van der Waals surface area contributed by atoms with Crippen LogP contribution in [-0.2, 0) is 6.42 Å². The molecule has 0 aliphatic heterocycles. The van der Waals surface area contributed by atoms with Crippen LogP contribution in [0.3, 0.4) is 0 Å². The van der Waals surface area contributed by atoms with Gasteiger partial charge in [-0.3, -0.25) is 0 Å². The summed E-state index contributed by atoms with van der Waals surface area (Å²) >= 11 is 1.87. The Bertz CT molecular complexity index is 445. The van der Waals surface area contributed by atoms with Crippen molar-refractivity contribution in [1.29, 1.82) is 0 Å². The van der Waals surface area contributed by atoms with Crippen molar-refractivity contribution in [1.82, 2.24) is 15.3 Å². The van der Waals surface area contributed by atoms with Crippen molar-refractivity contribution >= 4 is 11.3 Å². The highest BCUT2D eigenvalue weighted by molar-refractivity contribution is 7.10. The topological polar surface area (TPSA) is 40.7 Å². The molecule has 4 heteroatoms. The van der Waals surface area contributed by atoms with Gasteiger partial charge in [-0.05, 0) is 43.2 Å². The van der Waals surface area contributed by atoms with E-state index in [0.29, 0.717) is 6.04 Å². The van der Waals surface area contributed by atoms with Crippen molar-refractivity contribution in [3.63, 3.8) is 0 Å². The molecule has 96 valence electrons. The summed E-state index contributed by atoms with van der Waals surface area (Å²) < 4.78 is 0. The second-order valence-corrected chi connectivity index (χ2v) is 5.90. The second kappa shape index (κ2) is 5.67. The fourth-order valence-electron chi connectivity index (χ4n) is 2.35. The first kappa shape index (κ1) is 11.9. The average Bonchev–Trinajstić information content (AvgIpc) is 2.89. The lowest BCUT2D eigenvalue weighted by atomic mass is 10.1. The van der Waals surface area contributed by atoms with Crippen molar-refractivity contribution in [2.24, 2.45) is 5.92 Å². The molecule has 2 aromatic rings. The molecule has 0 aromatic carbocycles. The van der Waals surface area contributed by atoms with E-state index in [2.05, 4.69) is 32.8 Å². The molecule has 3 rings (SSSR count). The van der Waals surface area contributed by atoms with E-state index in [9.17, 15) is 0 Å². The predicted octanol–water partition coefficient (Wildman–Crippen LogP) is 3.14. The van der Waals surface area contributed by atoms with Crippen LogP contribution in [0.1, 0.15) is 36.0 Å². The predicted molar refractivity (Wildman–Crippen MR) is 74.7 cm³/mol. The highest BCUT2D eigenvalue weighted by atomic mass is 32.1. The van der Waals surface area contributed by atoms with Crippen molar-refractivity contribution in [2.75, 3.05) is 6.54 Å². The Hall–Kier alpha value is -1.13. The number of aryl methyl sites for hydroxylation is 1. The van der Waals surface area contributed by atoms with Crippen LogP contribution in [0.15, 0.2) is 29.9 Å². The zero-order chi connectivity index (χ0) is 12.2. The number of rotatable bonds is 7. The summed E-state index contributed by atoms with van der Waals surface area (Å²) in [7, 11) is 0. The van der Waals surface area contributed by atoms with Gasteiger partial charge in [-0.25, -0.2) is 4.98 Å². The lowest BCUT2D eigenvalue weighted by Gasteiger charge is -2.16. The van der Waals surface area contributed by atoms with Gasteiger partial charge in [-0.15, -0.1) is 11.3 Å². The molecule has 1 aliphatic carbocycles. The van der Waals surface area contributed by atoms with Gasteiger partial charge in [0.25, 0.3) is 0 Å². The van der Waals surface area contributed by atoms with E-state index >= 15 is 0 Å². The Balaban J connectivity index is 1.46. The highest BCUT2D eigenvalue weighted by Gasteiger charge is 2.32. The SMILES string of the molecule is c1csc(C(NCCCc2ncc[nH]2)C2CC2)c1. The zero-order valence-electron chi connectivity index (χ0n) is 10.4. The van der Waals surface area contributed by atoms with Gasteiger partial charge in [0.15, 0.2) is 0 Å². The Morgan fingerprint density at radius 2 is 2.44 bits per heavy atom. The molecule has 0 amide bonds. The number of imidazole rings is 1. The van der Waals surface area contributed by atoms with Crippen LogP contribution in [0.2, 0.25) is 0 Å². The van der Waals surface area contributed by atoms with Gasteiger partial charge >= 0.3 is 0 Å². The van der Waals surface area contributed by atoms with Crippen LogP contribution in [0.5, 0.6) is 0 Å². The van der Waals surface area contributed by atoms with Crippen LogP contribution in [0.25, 0.3) is 0 Å². The molecule has 1 unspecified atom stereocenters. The molecule has 0 spiro atoms. The van der Waals surface area contributed by atoms with Crippen LogP contribution in [0, 0.1) is 5.92 Å².